The van der Waals surface area contributed by atoms with Gasteiger partial charge < -0.3 is 5.32 Å². The van der Waals surface area contributed by atoms with Crippen LogP contribution in [-0.2, 0) is 16.3 Å². The molecule has 0 unspecified atom stereocenters. The minimum atomic E-state index is -3.35. The van der Waals surface area contributed by atoms with Crippen molar-refractivity contribution in [2.24, 2.45) is 4.99 Å². The Morgan fingerprint density at radius 1 is 1.39 bits per heavy atom. The number of nitrogens with one attached hydrogen (secondary N) is 1. The molecule has 0 saturated carbocycles. The molecule has 0 saturated heterocycles. The van der Waals surface area contributed by atoms with Crippen LogP contribution in [0, 0.1) is 0 Å². The Morgan fingerprint density at radius 2 is 2.22 bits per heavy atom. The van der Waals surface area contributed by atoms with Crippen molar-refractivity contribution in [3.05, 3.63) is 24.0 Å². The lowest BCUT2D eigenvalue weighted by Gasteiger charge is -2.14. The van der Waals surface area contributed by atoms with Gasteiger partial charge in [0.2, 0.25) is 0 Å². The van der Waals surface area contributed by atoms with Crippen LogP contribution in [0.3, 0.4) is 0 Å². The average molecular weight is 267 g/mol. The van der Waals surface area contributed by atoms with Crippen molar-refractivity contribution in [2.75, 3.05) is 18.8 Å². The van der Waals surface area contributed by atoms with E-state index < -0.39 is 9.84 Å². The van der Waals surface area contributed by atoms with Crippen LogP contribution in [-0.4, -0.2) is 38.1 Å². The molecule has 0 aliphatic carbocycles. The first-order valence-corrected chi connectivity index (χ1v) is 7.71. The minimum absolute atomic E-state index is 0.0676. The molecule has 1 aromatic heterocycles. The summed E-state index contributed by atoms with van der Waals surface area (Å²) in [6.07, 6.45) is 4.82. The van der Waals surface area contributed by atoms with Crippen LogP contribution in [0.4, 0.5) is 0 Å². The summed E-state index contributed by atoms with van der Waals surface area (Å²) in [6.45, 7) is 3.47. The van der Waals surface area contributed by atoms with E-state index in [1.54, 1.807) is 12.3 Å². The zero-order chi connectivity index (χ0) is 13.0. The predicted octanol–water partition coefficient (Wildman–Crippen LogP) is 0.809. The van der Waals surface area contributed by atoms with Crippen LogP contribution < -0.4 is 5.32 Å². The van der Waals surface area contributed by atoms with Gasteiger partial charge in [-0.2, -0.15) is 0 Å². The van der Waals surface area contributed by atoms with Crippen molar-refractivity contribution >= 4 is 15.7 Å². The fraction of sp³-hybridized carbons (Fsp3) is 0.500. The Morgan fingerprint density at radius 3 is 2.89 bits per heavy atom. The second-order valence-electron chi connectivity index (χ2n) is 4.25. The maximum Gasteiger partial charge on any atom is 0.187 e. The topological polar surface area (TPSA) is 71.4 Å². The van der Waals surface area contributed by atoms with Gasteiger partial charge in [0.05, 0.1) is 4.90 Å². The van der Waals surface area contributed by atoms with Gasteiger partial charge in [-0.3, -0.25) is 9.98 Å². The van der Waals surface area contributed by atoms with Gasteiger partial charge in [-0.15, -0.1) is 0 Å². The Balaban J connectivity index is 2.21. The highest BCUT2D eigenvalue weighted by Crippen LogP contribution is 2.12. The molecule has 0 atom stereocenters. The molecule has 1 N–H and O–H groups in total. The lowest BCUT2D eigenvalue weighted by atomic mass is 10.2. The highest BCUT2D eigenvalue weighted by atomic mass is 32.2. The average Bonchev–Trinajstić information content (AvgIpc) is 2.39. The van der Waals surface area contributed by atoms with Crippen LogP contribution >= 0.6 is 0 Å². The Bertz CT molecular complexity index is 552. The Hall–Kier alpha value is -1.43. The van der Waals surface area contributed by atoms with Crippen LogP contribution in [0.25, 0.3) is 0 Å². The number of sulfone groups is 1. The van der Waals surface area contributed by atoms with E-state index in [9.17, 15) is 8.42 Å². The summed E-state index contributed by atoms with van der Waals surface area (Å²) in [5.74, 6) is 0.491. The Kier molecular flexibility index (Phi) is 3.96. The molecular formula is C12H17N3O2S. The molecular weight excluding hydrogens is 250 g/mol. The highest BCUT2D eigenvalue weighted by Gasteiger charge is 2.19. The zero-order valence-electron chi connectivity index (χ0n) is 10.4. The van der Waals surface area contributed by atoms with Crippen molar-refractivity contribution in [2.45, 2.75) is 24.7 Å². The monoisotopic (exact) mass is 267 g/mol. The smallest absolute Gasteiger partial charge is 0.187 e. The second kappa shape index (κ2) is 5.48. The van der Waals surface area contributed by atoms with Gasteiger partial charge in [-0.25, -0.2) is 8.42 Å². The maximum atomic E-state index is 12.2. The molecule has 0 bridgehead atoms. The van der Waals surface area contributed by atoms with E-state index in [4.69, 9.17) is 0 Å². The van der Waals surface area contributed by atoms with Crippen LogP contribution in [0.15, 0.2) is 28.3 Å². The first-order valence-electron chi connectivity index (χ1n) is 6.05. The standard InChI is InChI=1S/C12H17N3O2S/c1-2-10-6-11(8-13-7-10)18(16,17)9-12-14-4-3-5-15-12/h6-8H,2-5,9H2,1H3,(H,14,15). The molecule has 0 fully saturated rings. The molecule has 1 aliphatic rings. The summed E-state index contributed by atoms with van der Waals surface area (Å²) < 4.78 is 24.4. The van der Waals surface area contributed by atoms with E-state index >= 15 is 0 Å². The molecule has 0 amide bonds. The van der Waals surface area contributed by atoms with E-state index in [0.717, 1.165) is 24.9 Å². The van der Waals surface area contributed by atoms with Crippen molar-refractivity contribution in [3.8, 4) is 0 Å². The van der Waals surface area contributed by atoms with Crippen molar-refractivity contribution in [1.82, 2.24) is 10.3 Å². The SMILES string of the molecule is CCc1cncc(S(=O)(=O)CC2=NCCCN2)c1. The Labute approximate surface area is 107 Å². The summed E-state index contributed by atoms with van der Waals surface area (Å²) >= 11 is 0. The summed E-state index contributed by atoms with van der Waals surface area (Å²) in [6, 6.07) is 1.69. The highest BCUT2D eigenvalue weighted by molar-refractivity contribution is 7.92. The van der Waals surface area contributed by atoms with Crippen LogP contribution in [0.5, 0.6) is 0 Å². The largest absolute Gasteiger partial charge is 0.373 e. The number of amidine groups is 1. The first-order chi connectivity index (χ1) is 8.62. The van der Waals surface area contributed by atoms with E-state index in [1.807, 2.05) is 6.92 Å². The van der Waals surface area contributed by atoms with Gasteiger partial charge in [0.1, 0.15) is 11.6 Å². The molecule has 5 nitrogen and oxygen atoms in total. The number of aromatic nitrogens is 1. The van der Waals surface area contributed by atoms with E-state index in [0.29, 0.717) is 12.4 Å². The number of rotatable bonds is 4. The van der Waals surface area contributed by atoms with Gasteiger partial charge >= 0.3 is 0 Å². The second-order valence-corrected chi connectivity index (χ2v) is 6.24. The third-order valence-corrected chi connectivity index (χ3v) is 4.43. The number of hydrogen-bond donors (Lipinski definition) is 1. The summed E-state index contributed by atoms with van der Waals surface area (Å²) in [5, 5.41) is 3.02. The van der Waals surface area contributed by atoms with E-state index in [2.05, 4.69) is 15.3 Å². The van der Waals surface area contributed by atoms with Crippen molar-refractivity contribution < 1.29 is 8.42 Å². The molecule has 2 rings (SSSR count). The van der Waals surface area contributed by atoms with Crippen molar-refractivity contribution in [3.63, 3.8) is 0 Å². The molecule has 18 heavy (non-hydrogen) atoms. The zero-order valence-corrected chi connectivity index (χ0v) is 11.2. The first kappa shape index (κ1) is 13.0. The van der Waals surface area contributed by atoms with Crippen molar-refractivity contribution in [1.29, 1.82) is 0 Å². The van der Waals surface area contributed by atoms with Crippen LogP contribution in [0.2, 0.25) is 0 Å². The maximum absolute atomic E-state index is 12.2. The number of aliphatic imine (C=N–C) groups is 1. The number of pyridine rings is 1. The third kappa shape index (κ3) is 3.07. The summed E-state index contributed by atoms with van der Waals surface area (Å²) in [7, 11) is -3.35. The molecule has 0 spiro atoms. The third-order valence-electron chi connectivity index (χ3n) is 2.83. The van der Waals surface area contributed by atoms with Gasteiger partial charge in [0.15, 0.2) is 9.84 Å². The summed E-state index contributed by atoms with van der Waals surface area (Å²) in [4.78, 5) is 8.44. The fourth-order valence-corrected chi connectivity index (χ4v) is 3.04. The molecule has 0 aromatic carbocycles. The van der Waals surface area contributed by atoms with Crippen LogP contribution in [0.1, 0.15) is 18.9 Å². The molecule has 2 heterocycles. The van der Waals surface area contributed by atoms with E-state index in [1.165, 1.54) is 6.20 Å². The molecule has 0 radical (unpaired) electrons. The molecule has 1 aliphatic heterocycles. The number of nitrogens with zero attached hydrogens (tertiary/aromatic N) is 2. The molecule has 6 heteroatoms. The molecule has 1 aromatic rings. The van der Waals surface area contributed by atoms with E-state index in [-0.39, 0.29) is 10.6 Å². The van der Waals surface area contributed by atoms with Gasteiger partial charge in [0.25, 0.3) is 0 Å². The summed E-state index contributed by atoms with van der Waals surface area (Å²) in [5.41, 5.74) is 0.926. The number of aryl methyl sites for hydroxylation is 1. The number of hydrogen-bond acceptors (Lipinski definition) is 5. The quantitative estimate of drug-likeness (QED) is 0.876. The van der Waals surface area contributed by atoms with Gasteiger partial charge in [0, 0.05) is 25.5 Å². The minimum Gasteiger partial charge on any atom is -0.373 e. The lowest BCUT2D eigenvalue weighted by Crippen LogP contribution is -2.34. The van der Waals surface area contributed by atoms with Gasteiger partial charge in [-0.05, 0) is 24.5 Å². The lowest BCUT2D eigenvalue weighted by molar-refractivity contribution is 0.598. The molecule has 98 valence electrons. The predicted molar refractivity (Wildman–Crippen MR) is 70.6 cm³/mol. The normalized spacial score (nSPS) is 15.9. The van der Waals surface area contributed by atoms with Gasteiger partial charge in [-0.1, -0.05) is 6.92 Å². The fourth-order valence-electron chi connectivity index (χ4n) is 1.77.